The van der Waals surface area contributed by atoms with Crippen molar-refractivity contribution in [3.05, 3.63) is 42.2 Å². The third kappa shape index (κ3) is 2.14. The molecule has 0 aliphatic heterocycles. The number of nitrogens with zero attached hydrogens (tertiary/aromatic N) is 3. The fourth-order valence-corrected chi connectivity index (χ4v) is 2.46. The van der Waals surface area contributed by atoms with Gasteiger partial charge in [0.25, 0.3) is 0 Å². The minimum absolute atomic E-state index is 0.570. The van der Waals surface area contributed by atoms with Gasteiger partial charge in [0, 0.05) is 16.7 Å². The molecular formula is C12H11N5S. The summed E-state index contributed by atoms with van der Waals surface area (Å²) < 4.78 is 0. The van der Waals surface area contributed by atoms with Gasteiger partial charge in [-0.3, -0.25) is 5.10 Å². The van der Waals surface area contributed by atoms with E-state index < -0.39 is 0 Å². The topological polar surface area (TPSA) is 80.5 Å². The van der Waals surface area contributed by atoms with E-state index in [0.29, 0.717) is 5.82 Å². The quantitative estimate of drug-likeness (QED) is 0.703. The van der Waals surface area contributed by atoms with Gasteiger partial charge in [-0.25, -0.2) is 9.97 Å². The molecule has 0 amide bonds. The first-order valence-electron chi connectivity index (χ1n) is 5.45. The number of aromatic nitrogens is 4. The van der Waals surface area contributed by atoms with Crippen molar-refractivity contribution in [1.82, 2.24) is 20.2 Å². The van der Waals surface area contributed by atoms with Crippen molar-refractivity contribution in [3.63, 3.8) is 0 Å². The zero-order chi connectivity index (χ0) is 12.4. The third-order valence-electron chi connectivity index (χ3n) is 2.59. The molecule has 2 aromatic heterocycles. The van der Waals surface area contributed by atoms with Crippen LogP contribution in [0.4, 0.5) is 5.82 Å². The van der Waals surface area contributed by atoms with E-state index in [4.69, 9.17) is 5.73 Å². The average Bonchev–Trinajstić information content (AvgIpc) is 2.89. The Morgan fingerprint density at radius 2 is 2.17 bits per heavy atom. The molecule has 5 nitrogen and oxygen atoms in total. The number of nitrogens with one attached hydrogen (secondary N) is 1. The van der Waals surface area contributed by atoms with Crippen LogP contribution in [-0.2, 0) is 5.75 Å². The highest BCUT2D eigenvalue weighted by Gasteiger charge is 2.05. The van der Waals surface area contributed by atoms with Gasteiger partial charge >= 0.3 is 0 Å². The number of rotatable bonds is 3. The summed E-state index contributed by atoms with van der Waals surface area (Å²) in [5.41, 5.74) is 7.88. The molecule has 3 N–H and O–H groups in total. The number of hydrogen-bond donors (Lipinski definition) is 2. The second-order valence-electron chi connectivity index (χ2n) is 3.80. The van der Waals surface area contributed by atoms with Crippen molar-refractivity contribution < 1.29 is 0 Å². The van der Waals surface area contributed by atoms with Crippen LogP contribution in [0.25, 0.3) is 10.9 Å². The molecule has 18 heavy (non-hydrogen) atoms. The van der Waals surface area contributed by atoms with E-state index in [1.807, 2.05) is 24.3 Å². The lowest BCUT2D eigenvalue weighted by molar-refractivity contribution is 0.973. The fraction of sp³-hybridized carbons (Fsp3) is 0.0833. The lowest BCUT2D eigenvalue weighted by atomic mass is 10.1. The van der Waals surface area contributed by atoms with Gasteiger partial charge in [0.1, 0.15) is 12.1 Å². The Hall–Kier alpha value is -2.08. The van der Waals surface area contributed by atoms with Crippen LogP contribution in [0.2, 0.25) is 0 Å². The van der Waals surface area contributed by atoms with Gasteiger partial charge in [-0.15, -0.1) is 0 Å². The summed E-state index contributed by atoms with van der Waals surface area (Å²) in [6.45, 7) is 0. The Kier molecular flexibility index (Phi) is 2.85. The maximum Gasteiger partial charge on any atom is 0.183 e. The maximum absolute atomic E-state index is 5.96. The molecule has 6 heteroatoms. The number of pyridine rings is 1. The van der Waals surface area contributed by atoms with Crippen LogP contribution in [0, 0.1) is 0 Å². The predicted octanol–water partition coefficient (Wildman–Crippen LogP) is 2.23. The Labute approximate surface area is 108 Å². The molecule has 1 aromatic carbocycles. The van der Waals surface area contributed by atoms with Crippen molar-refractivity contribution in [2.45, 2.75) is 10.9 Å². The molecule has 0 unspecified atom stereocenters. The zero-order valence-electron chi connectivity index (χ0n) is 9.50. The van der Waals surface area contributed by atoms with Crippen LogP contribution in [0.3, 0.4) is 0 Å². The van der Waals surface area contributed by atoms with E-state index in [1.165, 1.54) is 6.33 Å². The molecule has 0 atom stereocenters. The SMILES string of the molecule is Nc1nc2ccccc2cc1CSc1ncn[nH]1. The summed E-state index contributed by atoms with van der Waals surface area (Å²) in [6, 6.07) is 10.0. The molecule has 3 rings (SSSR count). The average molecular weight is 257 g/mol. The number of nitrogen functional groups attached to an aromatic ring is 1. The lowest BCUT2D eigenvalue weighted by Gasteiger charge is -2.05. The van der Waals surface area contributed by atoms with Crippen LogP contribution in [0.1, 0.15) is 5.56 Å². The number of thioether (sulfide) groups is 1. The minimum atomic E-state index is 0.570. The van der Waals surface area contributed by atoms with Gasteiger partial charge in [-0.1, -0.05) is 30.0 Å². The number of anilines is 1. The molecule has 0 spiro atoms. The highest BCUT2D eigenvalue weighted by atomic mass is 32.2. The van der Waals surface area contributed by atoms with Gasteiger partial charge in [0.05, 0.1) is 5.52 Å². The lowest BCUT2D eigenvalue weighted by Crippen LogP contribution is -1.97. The van der Waals surface area contributed by atoms with E-state index in [2.05, 4.69) is 26.2 Å². The van der Waals surface area contributed by atoms with E-state index in [9.17, 15) is 0 Å². The summed E-state index contributed by atoms with van der Waals surface area (Å²) in [5, 5.41) is 8.48. The van der Waals surface area contributed by atoms with E-state index in [1.54, 1.807) is 11.8 Å². The van der Waals surface area contributed by atoms with E-state index in [-0.39, 0.29) is 0 Å². The number of para-hydroxylation sites is 1. The van der Waals surface area contributed by atoms with Crippen molar-refractivity contribution >= 4 is 28.5 Å². The zero-order valence-corrected chi connectivity index (χ0v) is 10.3. The Balaban J connectivity index is 1.89. The molecule has 3 aromatic rings. The maximum atomic E-state index is 5.96. The minimum Gasteiger partial charge on any atom is -0.383 e. The second kappa shape index (κ2) is 4.66. The summed E-state index contributed by atoms with van der Waals surface area (Å²) >= 11 is 1.55. The third-order valence-corrected chi connectivity index (χ3v) is 3.52. The number of aromatic amines is 1. The molecule has 0 aliphatic rings. The highest BCUT2D eigenvalue weighted by Crippen LogP contribution is 2.24. The van der Waals surface area contributed by atoms with Gasteiger partial charge in [0.15, 0.2) is 5.16 Å². The Bertz CT molecular complexity index is 665. The number of benzene rings is 1. The number of hydrogen-bond acceptors (Lipinski definition) is 5. The van der Waals surface area contributed by atoms with Gasteiger partial charge in [0.2, 0.25) is 0 Å². The molecule has 2 heterocycles. The van der Waals surface area contributed by atoms with Crippen LogP contribution in [-0.4, -0.2) is 20.2 Å². The van der Waals surface area contributed by atoms with E-state index >= 15 is 0 Å². The summed E-state index contributed by atoms with van der Waals surface area (Å²) in [7, 11) is 0. The predicted molar refractivity (Wildman–Crippen MR) is 72.1 cm³/mol. The first-order chi connectivity index (χ1) is 8.83. The van der Waals surface area contributed by atoms with Crippen molar-refractivity contribution in [3.8, 4) is 0 Å². The Morgan fingerprint density at radius 1 is 1.28 bits per heavy atom. The van der Waals surface area contributed by atoms with Gasteiger partial charge in [-0.2, -0.15) is 5.10 Å². The molecule has 0 radical (unpaired) electrons. The fourth-order valence-electron chi connectivity index (χ4n) is 1.70. The molecule has 90 valence electrons. The highest BCUT2D eigenvalue weighted by molar-refractivity contribution is 7.98. The van der Waals surface area contributed by atoms with Crippen molar-refractivity contribution in [2.24, 2.45) is 0 Å². The van der Waals surface area contributed by atoms with Gasteiger partial charge in [-0.05, 0) is 12.1 Å². The van der Waals surface area contributed by atoms with Crippen LogP contribution < -0.4 is 5.73 Å². The van der Waals surface area contributed by atoms with Crippen molar-refractivity contribution in [1.29, 1.82) is 0 Å². The first-order valence-corrected chi connectivity index (χ1v) is 6.44. The largest absolute Gasteiger partial charge is 0.383 e. The molecule has 0 saturated carbocycles. The van der Waals surface area contributed by atoms with Crippen LogP contribution in [0.15, 0.2) is 41.8 Å². The number of fused-ring (bicyclic) bond motifs is 1. The van der Waals surface area contributed by atoms with E-state index in [0.717, 1.165) is 27.4 Å². The first kappa shape index (κ1) is 11.0. The molecule has 0 bridgehead atoms. The van der Waals surface area contributed by atoms with Gasteiger partial charge < -0.3 is 5.73 Å². The summed E-state index contributed by atoms with van der Waals surface area (Å²) in [4.78, 5) is 8.45. The molecule has 0 saturated heterocycles. The standard InChI is InChI=1S/C12H11N5S/c13-11-9(6-18-12-14-7-15-17-12)5-8-3-1-2-4-10(8)16-11/h1-5,7H,6H2,(H2,13,16)(H,14,15,17). The normalized spacial score (nSPS) is 10.9. The summed E-state index contributed by atoms with van der Waals surface area (Å²) in [6.07, 6.45) is 1.49. The second-order valence-corrected chi connectivity index (χ2v) is 4.77. The summed E-state index contributed by atoms with van der Waals surface area (Å²) in [5.74, 6) is 1.29. The smallest absolute Gasteiger partial charge is 0.183 e. The van der Waals surface area contributed by atoms with Crippen molar-refractivity contribution in [2.75, 3.05) is 5.73 Å². The van der Waals surface area contributed by atoms with Crippen LogP contribution in [0.5, 0.6) is 0 Å². The molecule has 0 aliphatic carbocycles. The number of H-pyrrole nitrogens is 1. The Morgan fingerprint density at radius 3 is 3.00 bits per heavy atom. The number of nitrogens with two attached hydrogens (primary N) is 1. The molecular weight excluding hydrogens is 246 g/mol. The molecule has 0 fully saturated rings. The van der Waals surface area contributed by atoms with Crippen LogP contribution >= 0.6 is 11.8 Å². The monoisotopic (exact) mass is 257 g/mol.